The molecule has 0 amide bonds. The number of hydrogen-bond donors (Lipinski definition) is 0. The SMILES string of the molecule is CCCC[C](CCCC)(CCCC)[Sn][c]1nnn(CC2CCOCC2)c1C1CC1. The zero-order chi connectivity index (χ0) is 20.5. The molecule has 1 aromatic heterocycles. The molecule has 1 saturated carbocycles. The van der Waals surface area contributed by atoms with E-state index >= 15 is 0 Å². The van der Waals surface area contributed by atoms with Crippen molar-refractivity contribution in [2.75, 3.05) is 13.2 Å². The molecule has 5 heteroatoms. The van der Waals surface area contributed by atoms with Crippen LogP contribution < -0.4 is 3.71 Å². The van der Waals surface area contributed by atoms with Gasteiger partial charge in [0, 0.05) is 0 Å². The van der Waals surface area contributed by atoms with Gasteiger partial charge in [0.25, 0.3) is 0 Å². The first-order chi connectivity index (χ1) is 14.2. The molecule has 1 aliphatic heterocycles. The Hall–Kier alpha value is -0.101. The first kappa shape index (κ1) is 23.6. The molecule has 0 bridgehead atoms. The number of rotatable bonds is 14. The van der Waals surface area contributed by atoms with Gasteiger partial charge in [0.05, 0.1) is 0 Å². The number of unbranched alkanes of at least 4 members (excludes halogenated alkanes) is 3. The first-order valence-electron chi connectivity index (χ1n) is 12.5. The Labute approximate surface area is 189 Å². The second kappa shape index (κ2) is 12.1. The summed E-state index contributed by atoms with van der Waals surface area (Å²) in [6.45, 7) is 10.00. The zero-order valence-corrected chi connectivity index (χ0v) is 22.1. The molecule has 164 valence electrons. The Bertz CT molecular complexity index is 571. The average Bonchev–Trinajstić information content (AvgIpc) is 3.52. The molecule has 2 fully saturated rings. The Balaban J connectivity index is 1.79. The summed E-state index contributed by atoms with van der Waals surface area (Å²) in [4.78, 5) is 0. The Morgan fingerprint density at radius 2 is 1.52 bits per heavy atom. The first-order valence-corrected chi connectivity index (χ1v) is 15.4. The maximum absolute atomic E-state index is 5.57. The van der Waals surface area contributed by atoms with Crippen LogP contribution in [0.2, 0.25) is 3.43 Å². The summed E-state index contributed by atoms with van der Waals surface area (Å²) < 4.78 is 10.1. The topological polar surface area (TPSA) is 39.9 Å². The third-order valence-corrected chi connectivity index (χ3v) is 12.3. The van der Waals surface area contributed by atoms with Gasteiger partial charge in [-0.3, -0.25) is 0 Å². The van der Waals surface area contributed by atoms with E-state index in [1.54, 1.807) is 5.69 Å². The molecule has 2 heterocycles. The van der Waals surface area contributed by atoms with Crippen molar-refractivity contribution in [2.24, 2.45) is 5.92 Å². The van der Waals surface area contributed by atoms with E-state index in [1.165, 1.54) is 87.2 Å². The Kier molecular flexibility index (Phi) is 9.80. The van der Waals surface area contributed by atoms with Crippen LogP contribution in [0.4, 0.5) is 0 Å². The van der Waals surface area contributed by atoms with Crippen molar-refractivity contribution < 1.29 is 4.74 Å². The number of ether oxygens (including phenoxy) is 1. The summed E-state index contributed by atoms with van der Waals surface area (Å²) in [5.41, 5.74) is 1.58. The molecule has 3 rings (SSSR count). The predicted octanol–water partition coefficient (Wildman–Crippen LogP) is 5.64. The van der Waals surface area contributed by atoms with Gasteiger partial charge in [0.15, 0.2) is 0 Å². The molecule has 0 atom stereocenters. The van der Waals surface area contributed by atoms with Crippen molar-refractivity contribution in [3.8, 4) is 0 Å². The maximum atomic E-state index is 5.57. The van der Waals surface area contributed by atoms with E-state index in [9.17, 15) is 0 Å². The van der Waals surface area contributed by atoms with Gasteiger partial charge >= 0.3 is 190 Å². The molecular weight excluding hydrogens is 465 g/mol. The van der Waals surface area contributed by atoms with Crippen LogP contribution >= 0.6 is 0 Å². The fourth-order valence-electron chi connectivity index (χ4n) is 4.84. The van der Waals surface area contributed by atoms with E-state index in [4.69, 9.17) is 15.0 Å². The molecule has 1 aromatic rings. The average molecular weight is 508 g/mol. The summed E-state index contributed by atoms with van der Waals surface area (Å²) in [6.07, 6.45) is 17.6. The van der Waals surface area contributed by atoms with E-state index in [-0.39, 0.29) is 0 Å². The van der Waals surface area contributed by atoms with Crippen molar-refractivity contribution in [1.82, 2.24) is 15.0 Å². The fraction of sp³-hybridized carbons (Fsp3) is 0.917. The van der Waals surface area contributed by atoms with Crippen LogP contribution in [-0.4, -0.2) is 49.3 Å². The molecule has 2 radical (unpaired) electrons. The molecule has 0 aromatic carbocycles. The van der Waals surface area contributed by atoms with E-state index in [0.717, 1.165) is 31.6 Å². The molecular formula is C24H43N3OSn. The quantitative estimate of drug-likeness (QED) is 0.306. The minimum absolute atomic E-state index is 0.606. The summed E-state index contributed by atoms with van der Waals surface area (Å²) in [7, 11) is 0. The third kappa shape index (κ3) is 6.95. The molecule has 0 unspecified atom stereocenters. The summed E-state index contributed by atoms with van der Waals surface area (Å²) in [6, 6.07) is 0. The second-order valence-electron chi connectivity index (χ2n) is 9.55. The minimum atomic E-state index is -0.790. The van der Waals surface area contributed by atoms with Crippen molar-refractivity contribution in [2.45, 2.75) is 120 Å². The van der Waals surface area contributed by atoms with Gasteiger partial charge < -0.3 is 0 Å². The normalized spacial score (nSPS) is 18.4. The van der Waals surface area contributed by atoms with E-state index in [1.807, 2.05) is 0 Å². The zero-order valence-electron chi connectivity index (χ0n) is 19.2. The summed E-state index contributed by atoms with van der Waals surface area (Å²) >= 11 is -0.790. The Morgan fingerprint density at radius 3 is 2.03 bits per heavy atom. The van der Waals surface area contributed by atoms with E-state index in [0.29, 0.717) is 3.43 Å². The van der Waals surface area contributed by atoms with Gasteiger partial charge in [-0.1, -0.05) is 0 Å². The van der Waals surface area contributed by atoms with Crippen LogP contribution in [0.15, 0.2) is 0 Å². The number of hydrogen-bond acceptors (Lipinski definition) is 3. The van der Waals surface area contributed by atoms with Gasteiger partial charge in [0.2, 0.25) is 0 Å². The van der Waals surface area contributed by atoms with Crippen LogP contribution in [0.5, 0.6) is 0 Å². The van der Waals surface area contributed by atoms with Crippen molar-refractivity contribution in [3.63, 3.8) is 0 Å². The van der Waals surface area contributed by atoms with Gasteiger partial charge in [0.1, 0.15) is 0 Å². The van der Waals surface area contributed by atoms with E-state index < -0.39 is 21.1 Å². The molecule has 29 heavy (non-hydrogen) atoms. The summed E-state index contributed by atoms with van der Waals surface area (Å²) in [5.74, 6) is 1.49. The van der Waals surface area contributed by atoms with Gasteiger partial charge in [-0.15, -0.1) is 0 Å². The Morgan fingerprint density at radius 1 is 0.931 bits per heavy atom. The molecule has 0 spiro atoms. The summed E-state index contributed by atoms with van der Waals surface area (Å²) in [5, 5.41) is 9.67. The van der Waals surface area contributed by atoms with Crippen LogP contribution in [0.25, 0.3) is 0 Å². The van der Waals surface area contributed by atoms with Crippen LogP contribution in [0.1, 0.15) is 116 Å². The van der Waals surface area contributed by atoms with Gasteiger partial charge in [-0.2, -0.15) is 0 Å². The van der Waals surface area contributed by atoms with Gasteiger partial charge in [-0.05, 0) is 0 Å². The van der Waals surface area contributed by atoms with Crippen molar-refractivity contribution >= 4 is 24.9 Å². The number of aromatic nitrogens is 3. The predicted molar refractivity (Wildman–Crippen MR) is 122 cm³/mol. The number of nitrogens with zero attached hydrogens (tertiary/aromatic N) is 3. The van der Waals surface area contributed by atoms with Crippen LogP contribution in [0, 0.1) is 5.92 Å². The molecule has 4 nitrogen and oxygen atoms in total. The molecule has 0 N–H and O–H groups in total. The van der Waals surface area contributed by atoms with Crippen LogP contribution in [0.3, 0.4) is 0 Å². The van der Waals surface area contributed by atoms with Crippen LogP contribution in [-0.2, 0) is 11.3 Å². The standard InChI is InChI=1S/C13H27.C11H16N3O.Sn/c1-4-7-10-13(11-8-5-2)12-9-6-3;1-2-10(1)11-7-12-13-14(11)8-9-3-5-15-6-4-9;/h4-12H2,1-3H3;9-10H,1-6,8H2;. The third-order valence-electron chi connectivity index (χ3n) is 6.92. The van der Waals surface area contributed by atoms with E-state index in [2.05, 4.69) is 25.5 Å². The second-order valence-corrected chi connectivity index (χ2v) is 14.6. The van der Waals surface area contributed by atoms with Gasteiger partial charge in [-0.25, -0.2) is 0 Å². The molecule has 1 saturated heterocycles. The fourth-order valence-corrected chi connectivity index (χ4v) is 10.4. The molecule has 1 aliphatic carbocycles. The van der Waals surface area contributed by atoms with Crippen molar-refractivity contribution in [1.29, 1.82) is 0 Å². The monoisotopic (exact) mass is 509 g/mol. The molecule has 2 aliphatic rings. The van der Waals surface area contributed by atoms with Crippen molar-refractivity contribution in [3.05, 3.63) is 5.69 Å².